The SMILES string of the molecule is C=CCOC(=O)NC1CC(SC)(C(=O)O)C1. The van der Waals surface area contributed by atoms with Gasteiger partial charge in [-0.3, -0.25) is 4.79 Å². The first-order chi connectivity index (χ1) is 7.54. The molecule has 0 aliphatic heterocycles. The number of thioether (sulfide) groups is 1. The summed E-state index contributed by atoms with van der Waals surface area (Å²) in [7, 11) is 0. The van der Waals surface area contributed by atoms with Gasteiger partial charge in [-0.25, -0.2) is 4.79 Å². The van der Waals surface area contributed by atoms with E-state index in [1.807, 2.05) is 0 Å². The van der Waals surface area contributed by atoms with Crippen molar-refractivity contribution in [2.75, 3.05) is 12.9 Å². The van der Waals surface area contributed by atoms with Gasteiger partial charge in [-0.1, -0.05) is 12.7 Å². The van der Waals surface area contributed by atoms with Crippen LogP contribution < -0.4 is 5.32 Å². The third-order valence-electron chi connectivity index (χ3n) is 2.59. The van der Waals surface area contributed by atoms with Crippen LogP contribution in [-0.4, -0.2) is 40.8 Å². The predicted molar refractivity (Wildman–Crippen MR) is 61.6 cm³/mol. The van der Waals surface area contributed by atoms with E-state index in [-0.39, 0.29) is 12.6 Å². The molecule has 0 heterocycles. The normalized spacial score (nSPS) is 27.7. The molecule has 0 atom stereocenters. The Morgan fingerprint density at radius 1 is 1.69 bits per heavy atom. The van der Waals surface area contributed by atoms with Crippen LogP contribution in [0.3, 0.4) is 0 Å². The Morgan fingerprint density at radius 2 is 2.31 bits per heavy atom. The van der Waals surface area contributed by atoms with Crippen molar-refractivity contribution in [3.63, 3.8) is 0 Å². The monoisotopic (exact) mass is 245 g/mol. The second-order valence-corrected chi connectivity index (χ2v) is 4.83. The molecule has 0 aromatic heterocycles. The van der Waals surface area contributed by atoms with E-state index in [1.54, 1.807) is 6.26 Å². The van der Waals surface area contributed by atoms with E-state index in [4.69, 9.17) is 9.84 Å². The number of carbonyl (C=O) groups excluding carboxylic acids is 1. The summed E-state index contributed by atoms with van der Waals surface area (Å²) in [6, 6.07) is -0.110. The molecular weight excluding hydrogens is 230 g/mol. The fourth-order valence-corrected chi connectivity index (χ4v) is 2.52. The first-order valence-electron chi connectivity index (χ1n) is 4.87. The summed E-state index contributed by atoms with van der Waals surface area (Å²) in [4.78, 5) is 22.1. The van der Waals surface area contributed by atoms with Crippen LogP contribution in [0.15, 0.2) is 12.7 Å². The van der Waals surface area contributed by atoms with E-state index in [2.05, 4.69) is 11.9 Å². The lowest BCUT2D eigenvalue weighted by molar-refractivity contribution is -0.142. The standard InChI is InChI=1S/C10H15NO4S/c1-3-4-15-9(14)11-7-5-10(6-7,16-2)8(12)13/h3,7H,1,4-6H2,2H3,(H,11,14)(H,12,13). The highest BCUT2D eigenvalue weighted by molar-refractivity contribution is 8.00. The molecule has 0 aromatic carbocycles. The van der Waals surface area contributed by atoms with Crippen LogP contribution in [0.1, 0.15) is 12.8 Å². The number of carbonyl (C=O) groups is 2. The van der Waals surface area contributed by atoms with Crippen molar-refractivity contribution < 1.29 is 19.4 Å². The molecule has 1 saturated carbocycles. The molecule has 6 heteroatoms. The highest BCUT2D eigenvalue weighted by Gasteiger charge is 2.50. The topological polar surface area (TPSA) is 75.6 Å². The maximum Gasteiger partial charge on any atom is 0.407 e. The Bertz CT molecular complexity index is 299. The zero-order valence-corrected chi connectivity index (χ0v) is 9.88. The molecular formula is C10H15NO4S. The molecule has 1 fully saturated rings. The van der Waals surface area contributed by atoms with Crippen molar-refractivity contribution in [2.24, 2.45) is 0 Å². The van der Waals surface area contributed by atoms with Crippen LogP contribution in [0.4, 0.5) is 4.79 Å². The van der Waals surface area contributed by atoms with Gasteiger partial charge in [0.1, 0.15) is 11.4 Å². The molecule has 0 spiro atoms. The molecule has 5 nitrogen and oxygen atoms in total. The average Bonchev–Trinajstić information content (AvgIpc) is 2.19. The van der Waals surface area contributed by atoms with Gasteiger partial charge < -0.3 is 15.2 Å². The fourth-order valence-electron chi connectivity index (χ4n) is 1.61. The van der Waals surface area contributed by atoms with Crippen molar-refractivity contribution in [2.45, 2.75) is 23.6 Å². The van der Waals surface area contributed by atoms with E-state index in [0.717, 1.165) is 0 Å². The van der Waals surface area contributed by atoms with Gasteiger partial charge >= 0.3 is 12.1 Å². The van der Waals surface area contributed by atoms with Crippen LogP contribution in [0.25, 0.3) is 0 Å². The van der Waals surface area contributed by atoms with E-state index < -0.39 is 16.8 Å². The second-order valence-electron chi connectivity index (χ2n) is 3.64. The number of rotatable bonds is 5. The largest absolute Gasteiger partial charge is 0.480 e. The Morgan fingerprint density at radius 3 is 2.75 bits per heavy atom. The summed E-state index contributed by atoms with van der Waals surface area (Å²) in [5.74, 6) is -0.822. The van der Waals surface area contributed by atoms with Gasteiger partial charge in [-0.05, 0) is 19.1 Å². The number of amides is 1. The summed E-state index contributed by atoms with van der Waals surface area (Å²) < 4.78 is 4.00. The van der Waals surface area contributed by atoms with Crippen LogP contribution in [0.5, 0.6) is 0 Å². The molecule has 1 rings (SSSR count). The van der Waals surface area contributed by atoms with Crippen molar-refractivity contribution in [3.8, 4) is 0 Å². The summed E-state index contributed by atoms with van der Waals surface area (Å²) >= 11 is 1.31. The van der Waals surface area contributed by atoms with Gasteiger partial charge in [0.05, 0.1) is 0 Å². The summed E-state index contributed by atoms with van der Waals surface area (Å²) in [5, 5.41) is 11.6. The smallest absolute Gasteiger partial charge is 0.407 e. The molecule has 16 heavy (non-hydrogen) atoms. The van der Waals surface area contributed by atoms with Gasteiger partial charge in [-0.15, -0.1) is 11.8 Å². The minimum atomic E-state index is -0.822. The third kappa shape index (κ3) is 2.69. The van der Waals surface area contributed by atoms with Gasteiger partial charge in [0, 0.05) is 6.04 Å². The Kier molecular flexibility index (Phi) is 4.23. The molecule has 90 valence electrons. The number of carboxylic acid groups (broad SMARTS) is 1. The highest BCUT2D eigenvalue weighted by Crippen LogP contribution is 2.43. The number of ether oxygens (including phenoxy) is 1. The Hall–Kier alpha value is -1.17. The van der Waals surface area contributed by atoms with Gasteiger partial charge in [0.2, 0.25) is 0 Å². The van der Waals surface area contributed by atoms with Crippen LogP contribution in [-0.2, 0) is 9.53 Å². The van der Waals surface area contributed by atoms with E-state index in [9.17, 15) is 9.59 Å². The maximum absolute atomic E-state index is 11.1. The first-order valence-corrected chi connectivity index (χ1v) is 6.09. The number of aliphatic carboxylic acids is 1. The molecule has 1 aliphatic carbocycles. The van der Waals surface area contributed by atoms with Crippen molar-refractivity contribution in [1.82, 2.24) is 5.32 Å². The van der Waals surface area contributed by atoms with Gasteiger partial charge in [0.25, 0.3) is 0 Å². The second kappa shape index (κ2) is 5.25. The quantitative estimate of drug-likeness (QED) is 0.713. The number of nitrogens with one attached hydrogen (secondary N) is 1. The number of alkyl carbamates (subject to hydrolysis) is 1. The zero-order valence-electron chi connectivity index (χ0n) is 9.06. The van der Waals surface area contributed by atoms with Crippen LogP contribution >= 0.6 is 11.8 Å². The number of hydrogen-bond acceptors (Lipinski definition) is 4. The molecule has 0 aromatic rings. The van der Waals surface area contributed by atoms with Gasteiger partial charge in [0.15, 0.2) is 0 Å². The predicted octanol–water partition coefficient (Wildman–Crippen LogP) is 1.25. The van der Waals surface area contributed by atoms with Crippen LogP contribution in [0.2, 0.25) is 0 Å². The van der Waals surface area contributed by atoms with E-state index >= 15 is 0 Å². The van der Waals surface area contributed by atoms with E-state index in [0.29, 0.717) is 12.8 Å². The summed E-state index contributed by atoms with van der Waals surface area (Å²) in [6.07, 6.45) is 3.59. The van der Waals surface area contributed by atoms with E-state index in [1.165, 1.54) is 17.8 Å². The summed E-state index contributed by atoms with van der Waals surface area (Å²) in [5.41, 5.74) is 0. The Balaban J connectivity index is 2.32. The molecule has 1 aliphatic rings. The minimum absolute atomic E-state index is 0.110. The van der Waals surface area contributed by atoms with Gasteiger partial charge in [-0.2, -0.15) is 0 Å². The van der Waals surface area contributed by atoms with Crippen molar-refractivity contribution >= 4 is 23.8 Å². The van der Waals surface area contributed by atoms with Crippen LogP contribution in [0, 0.1) is 0 Å². The molecule has 2 N–H and O–H groups in total. The average molecular weight is 245 g/mol. The first kappa shape index (κ1) is 12.9. The molecule has 0 radical (unpaired) electrons. The number of carboxylic acids is 1. The Labute approximate surface area is 98.2 Å². The fraction of sp³-hybridized carbons (Fsp3) is 0.600. The number of hydrogen-bond donors (Lipinski definition) is 2. The molecule has 0 unspecified atom stereocenters. The lowest BCUT2D eigenvalue weighted by Crippen LogP contribution is -2.57. The molecule has 0 saturated heterocycles. The van der Waals surface area contributed by atoms with Crippen molar-refractivity contribution in [3.05, 3.63) is 12.7 Å². The molecule has 0 bridgehead atoms. The molecule has 1 amide bonds. The lowest BCUT2D eigenvalue weighted by Gasteiger charge is -2.42. The highest BCUT2D eigenvalue weighted by atomic mass is 32.2. The lowest BCUT2D eigenvalue weighted by atomic mass is 9.79. The zero-order chi connectivity index (χ0) is 12.2. The maximum atomic E-state index is 11.1. The van der Waals surface area contributed by atoms with Crippen molar-refractivity contribution in [1.29, 1.82) is 0 Å². The summed E-state index contributed by atoms with van der Waals surface area (Å²) in [6.45, 7) is 3.58. The minimum Gasteiger partial charge on any atom is -0.480 e. The third-order valence-corrected chi connectivity index (χ3v) is 3.88.